The molecule has 1 aliphatic heterocycles. The van der Waals surface area contributed by atoms with Gasteiger partial charge in [-0.3, -0.25) is 4.79 Å². The molecule has 0 aromatic heterocycles. The number of alkyl halides is 1. The smallest absolute Gasteiger partial charge is 0.254 e. The normalized spacial score (nSPS) is 22.9. The lowest BCUT2D eigenvalue weighted by atomic mass is 9.91. The Morgan fingerprint density at radius 3 is 2.51 bits per heavy atom. The van der Waals surface area contributed by atoms with Crippen LogP contribution in [0.25, 0.3) is 11.1 Å². The van der Waals surface area contributed by atoms with E-state index in [1.165, 1.54) is 42.2 Å². The van der Waals surface area contributed by atoms with Gasteiger partial charge in [0.2, 0.25) is 16.0 Å². The van der Waals surface area contributed by atoms with E-state index in [2.05, 4.69) is 4.72 Å². The number of nitrogens with one attached hydrogen (secondary N) is 1. The van der Waals surface area contributed by atoms with Gasteiger partial charge in [0.1, 0.15) is 17.2 Å². The number of carbonyl (C=O) groups is 1. The van der Waals surface area contributed by atoms with E-state index in [-0.39, 0.29) is 30.5 Å². The minimum Gasteiger partial charge on any atom is -0.380 e. The van der Waals surface area contributed by atoms with Crippen molar-refractivity contribution in [3.63, 3.8) is 0 Å². The maximum atomic E-state index is 15.6. The molecule has 3 atom stereocenters. The highest BCUT2D eigenvalue weighted by Gasteiger charge is 2.62. The van der Waals surface area contributed by atoms with E-state index in [1.54, 1.807) is 19.1 Å². The summed E-state index contributed by atoms with van der Waals surface area (Å²) in [4.78, 5) is 14.7. The maximum absolute atomic E-state index is 15.6. The quantitative estimate of drug-likeness (QED) is 0.569. The fraction of sp³-hybridized carbons (Fsp3) is 0.480. The Kier molecular flexibility index (Phi) is 6.76. The first-order valence-corrected chi connectivity index (χ1v) is 13.2. The fourth-order valence-electron chi connectivity index (χ4n) is 4.95. The van der Waals surface area contributed by atoms with Crippen LogP contribution in [0.4, 0.5) is 13.2 Å². The van der Waals surface area contributed by atoms with Crippen molar-refractivity contribution in [3.05, 3.63) is 59.7 Å². The Hall–Kier alpha value is -2.43. The average Bonchev–Trinajstić information content (AvgIpc) is 3.55. The molecule has 2 aromatic rings. The molecule has 10 heteroatoms. The van der Waals surface area contributed by atoms with Crippen molar-refractivity contribution in [3.8, 4) is 11.1 Å². The molecule has 2 fully saturated rings. The lowest BCUT2D eigenvalue weighted by Gasteiger charge is -2.33. The highest BCUT2D eigenvalue weighted by Crippen LogP contribution is 2.56. The van der Waals surface area contributed by atoms with Crippen molar-refractivity contribution in [2.75, 3.05) is 12.6 Å². The molecule has 1 amide bonds. The van der Waals surface area contributed by atoms with Crippen LogP contribution in [0.15, 0.2) is 42.5 Å². The van der Waals surface area contributed by atoms with Crippen molar-refractivity contribution >= 4 is 15.9 Å². The second kappa shape index (κ2) is 9.22. The summed E-state index contributed by atoms with van der Waals surface area (Å²) in [6.07, 6.45) is 1.30. The summed E-state index contributed by atoms with van der Waals surface area (Å²) < 4.78 is 69.4. The van der Waals surface area contributed by atoms with Gasteiger partial charge in [-0.2, -0.15) is 0 Å². The first-order valence-electron chi connectivity index (χ1n) is 11.6. The third-order valence-corrected chi connectivity index (χ3v) is 8.23. The van der Waals surface area contributed by atoms with Crippen molar-refractivity contribution in [1.82, 2.24) is 9.62 Å². The molecular weight excluding hydrogens is 481 g/mol. The van der Waals surface area contributed by atoms with Gasteiger partial charge in [0.05, 0.1) is 6.04 Å². The number of aliphatic hydroxyl groups is 1. The lowest BCUT2D eigenvalue weighted by molar-refractivity contribution is -0.151. The van der Waals surface area contributed by atoms with Crippen molar-refractivity contribution in [2.24, 2.45) is 5.41 Å². The molecule has 0 radical (unpaired) electrons. The Bertz CT molecular complexity index is 1230. The molecule has 0 bridgehead atoms. The molecule has 1 spiro atoms. The van der Waals surface area contributed by atoms with Crippen LogP contribution in [0, 0.1) is 17.0 Å². The molecule has 1 saturated heterocycles. The van der Waals surface area contributed by atoms with Crippen LogP contribution >= 0.6 is 0 Å². The molecule has 2 aromatic carbocycles. The van der Waals surface area contributed by atoms with Gasteiger partial charge in [0.15, 0.2) is 0 Å². The highest BCUT2D eigenvalue weighted by atomic mass is 32.2. The number of likely N-dealkylation sites (tertiary alicyclic amines) is 1. The summed E-state index contributed by atoms with van der Waals surface area (Å²) in [5, 5.41) is 10.7. The maximum Gasteiger partial charge on any atom is 0.254 e. The zero-order valence-electron chi connectivity index (χ0n) is 19.6. The van der Waals surface area contributed by atoms with Gasteiger partial charge in [0, 0.05) is 23.6 Å². The van der Waals surface area contributed by atoms with Crippen LogP contribution < -0.4 is 4.72 Å². The second-order valence-electron chi connectivity index (χ2n) is 9.80. The molecule has 35 heavy (non-hydrogen) atoms. The van der Waals surface area contributed by atoms with Crippen molar-refractivity contribution in [1.29, 1.82) is 0 Å². The van der Waals surface area contributed by atoms with Crippen LogP contribution in [0.5, 0.6) is 0 Å². The average molecular weight is 511 g/mol. The molecule has 1 unspecified atom stereocenters. The SMILES string of the molecule is CCC(C)(O)C(=O)N1CC2(CC2)[C@H](NS(=O)(=O)CF)[C@@H]1Cc1cccc(-c2cccc(F)c2)c1F. The largest absolute Gasteiger partial charge is 0.380 e. The topological polar surface area (TPSA) is 86.7 Å². The Morgan fingerprint density at radius 2 is 1.91 bits per heavy atom. The minimum atomic E-state index is -4.27. The molecule has 190 valence electrons. The summed E-state index contributed by atoms with van der Waals surface area (Å²) in [6.45, 7) is 3.22. The highest BCUT2D eigenvalue weighted by molar-refractivity contribution is 7.89. The number of amides is 1. The Balaban J connectivity index is 1.75. The summed E-state index contributed by atoms with van der Waals surface area (Å²) >= 11 is 0. The Morgan fingerprint density at radius 1 is 1.23 bits per heavy atom. The summed E-state index contributed by atoms with van der Waals surface area (Å²) in [7, 11) is -4.27. The van der Waals surface area contributed by atoms with Crippen molar-refractivity contribution in [2.45, 2.75) is 57.2 Å². The van der Waals surface area contributed by atoms with E-state index in [9.17, 15) is 27.1 Å². The standard InChI is InChI=1S/C25H29F3N2O4S/c1-3-24(2,32)23(31)30-14-25(10-11-25)22(29-35(33,34)15-26)20(30)13-17-7-5-9-19(21(17)28)16-6-4-8-18(27)12-16/h4-9,12,20,22,29,32H,3,10-11,13-15H2,1-2H3/t20-,22+,24?/m0/s1. The van der Waals surface area contributed by atoms with Crippen LogP contribution in [0.2, 0.25) is 0 Å². The first-order chi connectivity index (χ1) is 16.4. The molecule has 4 rings (SSSR count). The number of hydrogen-bond donors (Lipinski definition) is 2. The third kappa shape index (κ3) is 4.96. The monoisotopic (exact) mass is 510 g/mol. The molecule has 2 N–H and O–H groups in total. The molecule has 1 heterocycles. The predicted octanol–water partition coefficient (Wildman–Crippen LogP) is 3.54. The number of rotatable bonds is 8. The minimum absolute atomic E-state index is 0.0677. The molecule has 6 nitrogen and oxygen atoms in total. The van der Waals surface area contributed by atoms with Crippen LogP contribution in [-0.4, -0.2) is 54.6 Å². The number of hydrogen-bond acceptors (Lipinski definition) is 4. The van der Waals surface area contributed by atoms with E-state index in [0.717, 1.165) is 0 Å². The van der Waals surface area contributed by atoms with E-state index < -0.39 is 56.7 Å². The van der Waals surface area contributed by atoms with Gasteiger partial charge in [0.25, 0.3) is 5.91 Å². The number of benzene rings is 2. The van der Waals surface area contributed by atoms with Gasteiger partial charge in [-0.1, -0.05) is 37.3 Å². The number of halogens is 3. The second-order valence-corrected chi connectivity index (χ2v) is 11.5. The molecule has 2 aliphatic rings. The Labute approximate surface area is 203 Å². The molecule has 1 aliphatic carbocycles. The van der Waals surface area contributed by atoms with E-state index >= 15 is 4.39 Å². The first kappa shape index (κ1) is 25.7. The zero-order valence-corrected chi connectivity index (χ0v) is 20.4. The van der Waals surface area contributed by atoms with Crippen LogP contribution in [-0.2, 0) is 21.2 Å². The summed E-state index contributed by atoms with van der Waals surface area (Å²) in [5.41, 5.74) is -1.58. The van der Waals surface area contributed by atoms with Crippen molar-refractivity contribution < 1.29 is 31.5 Å². The predicted molar refractivity (Wildman–Crippen MR) is 125 cm³/mol. The van der Waals surface area contributed by atoms with E-state index in [4.69, 9.17) is 0 Å². The van der Waals surface area contributed by atoms with E-state index in [1.807, 2.05) is 0 Å². The van der Waals surface area contributed by atoms with Gasteiger partial charge in [-0.15, -0.1) is 0 Å². The van der Waals surface area contributed by atoms with Gasteiger partial charge >= 0.3 is 0 Å². The van der Waals surface area contributed by atoms with Crippen LogP contribution in [0.3, 0.4) is 0 Å². The number of nitrogens with zero attached hydrogens (tertiary/aromatic N) is 1. The lowest BCUT2D eigenvalue weighted by Crippen LogP contribution is -2.54. The van der Waals surface area contributed by atoms with Crippen LogP contribution in [0.1, 0.15) is 38.7 Å². The number of carbonyl (C=O) groups excluding carboxylic acids is 1. The zero-order chi connectivity index (χ0) is 25.6. The summed E-state index contributed by atoms with van der Waals surface area (Å²) in [6, 6.07) is 6.86. The fourth-order valence-corrected chi connectivity index (χ4v) is 5.81. The molecular formula is C25H29F3N2O4S. The van der Waals surface area contributed by atoms with Gasteiger partial charge in [-0.05, 0) is 55.9 Å². The van der Waals surface area contributed by atoms with Gasteiger partial charge in [-0.25, -0.2) is 26.3 Å². The number of sulfonamides is 1. The molecule has 1 saturated carbocycles. The third-order valence-electron chi connectivity index (χ3n) is 7.33. The van der Waals surface area contributed by atoms with Gasteiger partial charge < -0.3 is 10.0 Å². The summed E-state index contributed by atoms with van der Waals surface area (Å²) in [5.74, 6) is -1.71. The van der Waals surface area contributed by atoms with E-state index in [0.29, 0.717) is 18.4 Å².